The molecule has 1 fully saturated rings. The van der Waals surface area contributed by atoms with Crippen molar-refractivity contribution >= 4 is 27.8 Å². The summed E-state index contributed by atoms with van der Waals surface area (Å²) >= 11 is 3.27. The lowest BCUT2D eigenvalue weighted by molar-refractivity contribution is -0.138. The number of nitrogens with zero attached hydrogens (tertiary/aromatic N) is 2. The number of carbonyl (C=O) groups excluding carboxylic acids is 1. The van der Waals surface area contributed by atoms with Crippen LogP contribution in [0, 0.1) is 11.8 Å². The predicted molar refractivity (Wildman–Crippen MR) is 82.0 cm³/mol. The molecule has 1 aromatic rings. The minimum absolute atomic E-state index is 0.00896. The van der Waals surface area contributed by atoms with Gasteiger partial charge < -0.3 is 10.0 Å². The summed E-state index contributed by atoms with van der Waals surface area (Å²) in [6.07, 6.45) is 3.67. The third-order valence-corrected chi connectivity index (χ3v) is 4.45. The van der Waals surface area contributed by atoms with Gasteiger partial charge in [-0.3, -0.25) is 9.59 Å². The third-order valence-electron chi connectivity index (χ3n) is 4.02. The van der Waals surface area contributed by atoms with Crippen molar-refractivity contribution in [1.82, 2.24) is 9.88 Å². The second-order valence-corrected chi connectivity index (χ2v) is 6.41. The zero-order chi connectivity index (χ0) is 15.4. The highest BCUT2D eigenvalue weighted by molar-refractivity contribution is 9.10. The molecule has 1 aromatic heterocycles. The van der Waals surface area contributed by atoms with E-state index in [9.17, 15) is 9.59 Å². The van der Waals surface area contributed by atoms with E-state index in [0.717, 1.165) is 19.4 Å². The number of halogens is 1. The van der Waals surface area contributed by atoms with Gasteiger partial charge in [0, 0.05) is 31.3 Å². The number of aromatic nitrogens is 1. The van der Waals surface area contributed by atoms with E-state index in [0.29, 0.717) is 16.7 Å². The van der Waals surface area contributed by atoms with E-state index in [4.69, 9.17) is 5.11 Å². The summed E-state index contributed by atoms with van der Waals surface area (Å²) in [5, 5.41) is 8.91. The number of aliphatic carboxylic acids is 1. The monoisotopic (exact) mass is 354 g/mol. The molecular formula is C15H19BrN2O3. The highest BCUT2D eigenvalue weighted by Gasteiger charge is 2.28. The fourth-order valence-electron chi connectivity index (χ4n) is 2.82. The van der Waals surface area contributed by atoms with Crippen molar-refractivity contribution in [2.24, 2.45) is 11.8 Å². The minimum Gasteiger partial charge on any atom is -0.481 e. The predicted octanol–water partition coefficient (Wildman–Crippen LogP) is 2.81. The largest absolute Gasteiger partial charge is 0.481 e. The fraction of sp³-hybridized carbons (Fsp3) is 0.533. The molecule has 5 nitrogen and oxygen atoms in total. The maximum Gasteiger partial charge on any atom is 0.303 e. The van der Waals surface area contributed by atoms with Crippen LogP contribution < -0.4 is 0 Å². The Hall–Kier alpha value is -1.43. The molecule has 0 spiro atoms. The molecule has 0 aliphatic carbocycles. The Morgan fingerprint density at radius 1 is 1.57 bits per heavy atom. The van der Waals surface area contributed by atoms with Gasteiger partial charge in [-0.15, -0.1) is 0 Å². The first kappa shape index (κ1) is 15.9. The van der Waals surface area contributed by atoms with E-state index < -0.39 is 5.97 Å². The number of amides is 1. The smallest absolute Gasteiger partial charge is 0.303 e. The van der Waals surface area contributed by atoms with Crippen molar-refractivity contribution in [3.05, 3.63) is 28.5 Å². The van der Waals surface area contributed by atoms with Crippen LogP contribution in [0.5, 0.6) is 0 Å². The van der Waals surface area contributed by atoms with Crippen molar-refractivity contribution < 1.29 is 14.7 Å². The van der Waals surface area contributed by atoms with Crippen LogP contribution in [0.3, 0.4) is 0 Å². The molecule has 0 saturated carbocycles. The van der Waals surface area contributed by atoms with E-state index >= 15 is 0 Å². The van der Waals surface area contributed by atoms with E-state index in [1.807, 2.05) is 11.8 Å². The SMILES string of the molecule is CC(CC(=O)O)C1CCCN(C(=O)c2ccnc(Br)c2)C1. The number of carboxylic acids is 1. The highest BCUT2D eigenvalue weighted by Crippen LogP contribution is 2.27. The minimum atomic E-state index is -0.774. The Balaban J connectivity index is 2.03. The Bertz CT molecular complexity index is 535. The molecule has 1 amide bonds. The summed E-state index contributed by atoms with van der Waals surface area (Å²) in [4.78, 5) is 29.2. The number of hydrogen-bond donors (Lipinski definition) is 1. The molecule has 2 heterocycles. The molecule has 6 heteroatoms. The van der Waals surface area contributed by atoms with Gasteiger partial charge in [0.25, 0.3) is 5.91 Å². The summed E-state index contributed by atoms with van der Waals surface area (Å²) in [6, 6.07) is 3.42. The van der Waals surface area contributed by atoms with Crippen molar-refractivity contribution in [2.45, 2.75) is 26.2 Å². The molecule has 1 aliphatic heterocycles. The van der Waals surface area contributed by atoms with Gasteiger partial charge in [-0.05, 0) is 52.7 Å². The van der Waals surface area contributed by atoms with Crippen LogP contribution >= 0.6 is 15.9 Å². The number of carboxylic acid groups (broad SMARTS) is 1. The Labute approximate surface area is 132 Å². The molecule has 2 unspecified atom stereocenters. The van der Waals surface area contributed by atoms with Crippen molar-refractivity contribution in [1.29, 1.82) is 0 Å². The summed E-state index contributed by atoms with van der Waals surface area (Å²) in [6.45, 7) is 3.32. The number of likely N-dealkylation sites (tertiary alicyclic amines) is 1. The molecule has 21 heavy (non-hydrogen) atoms. The second-order valence-electron chi connectivity index (χ2n) is 5.60. The number of hydrogen-bond acceptors (Lipinski definition) is 3. The van der Waals surface area contributed by atoms with Gasteiger partial charge in [0.15, 0.2) is 0 Å². The van der Waals surface area contributed by atoms with Crippen LogP contribution in [0.25, 0.3) is 0 Å². The van der Waals surface area contributed by atoms with Gasteiger partial charge in [-0.2, -0.15) is 0 Å². The van der Waals surface area contributed by atoms with Crippen molar-refractivity contribution in [3.63, 3.8) is 0 Å². The zero-order valence-corrected chi connectivity index (χ0v) is 13.5. The second kappa shape index (κ2) is 7.02. The molecule has 114 valence electrons. The van der Waals surface area contributed by atoms with Crippen LogP contribution in [-0.4, -0.2) is 40.0 Å². The molecule has 0 aromatic carbocycles. The lowest BCUT2D eigenvalue weighted by Gasteiger charge is -2.35. The van der Waals surface area contributed by atoms with Crippen molar-refractivity contribution in [2.75, 3.05) is 13.1 Å². The Kier molecular flexibility index (Phi) is 5.33. The average molecular weight is 355 g/mol. The van der Waals surface area contributed by atoms with E-state index in [1.165, 1.54) is 0 Å². The number of carbonyl (C=O) groups is 2. The van der Waals surface area contributed by atoms with Gasteiger partial charge in [-0.25, -0.2) is 4.98 Å². The van der Waals surface area contributed by atoms with E-state index in [1.54, 1.807) is 18.3 Å². The molecule has 1 N–H and O–H groups in total. The first-order chi connectivity index (χ1) is 9.97. The zero-order valence-electron chi connectivity index (χ0n) is 12.0. The number of piperidine rings is 1. The van der Waals surface area contributed by atoms with E-state index in [-0.39, 0.29) is 24.2 Å². The van der Waals surface area contributed by atoms with Gasteiger partial charge >= 0.3 is 5.97 Å². The standard InChI is InChI=1S/C15H19BrN2O3/c1-10(7-14(19)20)12-3-2-6-18(9-12)15(21)11-4-5-17-13(16)8-11/h4-5,8,10,12H,2-3,6-7,9H2,1H3,(H,19,20). The quantitative estimate of drug-likeness (QED) is 0.844. The summed E-state index contributed by atoms with van der Waals surface area (Å²) < 4.78 is 0.640. The molecule has 0 bridgehead atoms. The third kappa shape index (κ3) is 4.27. The van der Waals surface area contributed by atoms with Gasteiger partial charge in [0.05, 0.1) is 0 Å². The van der Waals surface area contributed by atoms with Gasteiger partial charge in [-0.1, -0.05) is 6.92 Å². The van der Waals surface area contributed by atoms with Crippen LogP contribution in [0.2, 0.25) is 0 Å². The Morgan fingerprint density at radius 2 is 2.33 bits per heavy atom. The van der Waals surface area contributed by atoms with E-state index in [2.05, 4.69) is 20.9 Å². The molecule has 0 radical (unpaired) electrons. The normalized spacial score (nSPS) is 20.1. The fourth-order valence-corrected chi connectivity index (χ4v) is 3.18. The van der Waals surface area contributed by atoms with Gasteiger partial charge in [0.2, 0.25) is 0 Å². The first-order valence-corrected chi connectivity index (χ1v) is 7.89. The van der Waals surface area contributed by atoms with Crippen molar-refractivity contribution in [3.8, 4) is 0 Å². The molecule has 1 saturated heterocycles. The lowest BCUT2D eigenvalue weighted by atomic mass is 9.84. The van der Waals surface area contributed by atoms with Crippen LogP contribution in [0.15, 0.2) is 22.9 Å². The molecule has 2 atom stereocenters. The average Bonchev–Trinajstić information content (AvgIpc) is 2.46. The summed E-state index contributed by atoms with van der Waals surface area (Å²) in [5.41, 5.74) is 0.614. The van der Waals surface area contributed by atoms with Gasteiger partial charge in [0.1, 0.15) is 4.60 Å². The van der Waals surface area contributed by atoms with Crippen LogP contribution in [0.1, 0.15) is 36.5 Å². The Morgan fingerprint density at radius 3 is 3.00 bits per heavy atom. The number of pyridine rings is 1. The topological polar surface area (TPSA) is 70.5 Å². The maximum atomic E-state index is 12.5. The maximum absolute atomic E-state index is 12.5. The lowest BCUT2D eigenvalue weighted by Crippen LogP contribution is -2.42. The molecule has 1 aliphatic rings. The van der Waals surface area contributed by atoms with Crippen LogP contribution in [-0.2, 0) is 4.79 Å². The molecule has 2 rings (SSSR count). The highest BCUT2D eigenvalue weighted by atomic mass is 79.9. The summed E-state index contributed by atoms with van der Waals surface area (Å²) in [7, 11) is 0. The van der Waals surface area contributed by atoms with Crippen LogP contribution in [0.4, 0.5) is 0 Å². The summed E-state index contributed by atoms with van der Waals surface area (Å²) in [5.74, 6) is -0.444. The first-order valence-electron chi connectivity index (χ1n) is 7.10. The molecular weight excluding hydrogens is 336 g/mol. The number of rotatable bonds is 4.